The van der Waals surface area contributed by atoms with Crippen molar-refractivity contribution in [3.8, 4) is 0 Å². The van der Waals surface area contributed by atoms with Crippen LogP contribution in [-0.4, -0.2) is 30.9 Å². The molecule has 30 heavy (non-hydrogen) atoms. The maximum absolute atomic E-state index is 12.2. The largest absolute Gasteiger partial charge is 0.460 e. The highest BCUT2D eigenvalue weighted by Gasteiger charge is 2.12. The fourth-order valence-corrected chi connectivity index (χ4v) is 2.67. The van der Waals surface area contributed by atoms with E-state index in [-0.39, 0.29) is 31.5 Å². The van der Waals surface area contributed by atoms with Crippen LogP contribution >= 0.6 is 0 Å². The molecule has 0 unspecified atom stereocenters. The Morgan fingerprint density at radius 3 is 2.10 bits per heavy atom. The van der Waals surface area contributed by atoms with E-state index >= 15 is 0 Å². The molecule has 0 aliphatic rings. The summed E-state index contributed by atoms with van der Waals surface area (Å²) in [5.41, 5.74) is 1.64. The second-order valence-corrected chi connectivity index (χ2v) is 6.43. The summed E-state index contributed by atoms with van der Waals surface area (Å²) in [5, 5.41) is 5.50. The molecule has 1 aromatic heterocycles. The average molecular weight is 404 g/mol. The van der Waals surface area contributed by atoms with Gasteiger partial charge >= 0.3 is 5.97 Å². The molecule has 0 fully saturated rings. The molecular formula is C23H22N3O4+. The maximum atomic E-state index is 12.2. The monoisotopic (exact) mass is 404 g/mol. The third-order valence-electron chi connectivity index (χ3n) is 4.17. The van der Waals surface area contributed by atoms with Crippen LogP contribution in [-0.2, 0) is 16.1 Å². The van der Waals surface area contributed by atoms with E-state index in [1.54, 1.807) is 53.4 Å². The average Bonchev–Trinajstić information content (AvgIpc) is 2.78. The van der Waals surface area contributed by atoms with Gasteiger partial charge in [-0.3, -0.25) is 9.59 Å². The Morgan fingerprint density at radius 1 is 0.800 bits per heavy atom. The Labute approximate surface area is 174 Å². The van der Waals surface area contributed by atoms with E-state index in [4.69, 9.17) is 4.74 Å². The van der Waals surface area contributed by atoms with Crippen LogP contribution < -0.4 is 15.2 Å². The van der Waals surface area contributed by atoms with Crippen molar-refractivity contribution in [2.24, 2.45) is 0 Å². The third-order valence-corrected chi connectivity index (χ3v) is 4.17. The smallest absolute Gasteiger partial charge is 0.338 e. The lowest BCUT2D eigenvalue weighted by atomic mass is 10.2. The third kappa shape index (κ3) is 6.27. The van der Waals surface area contributed by atoms with E-state index in [0.29, 0.717) is 11.1 Å². The number of hydrogen-bond acceptors (Lipinski definition) is 4. The Bertz CT molecular complexity index is 990. The molecule has 3 aromatic rings. The number of rotatable bonds is 8. The van der Waals surface area contributed by atoms with E-state index in [1.807, 2.05) is 36.4 Å². The number of benzene rings is 2. The van der Waals surface area contributed by atoms with E-state index in [1.165, 1.54) is 0 Å². The van der Waals surface area contributed by atoms with Crippen molar-refractivity contribution in [3.05, 3.63) is 96.3 Å². The summed E-state index contributed by atoms with van der Waals surface area (Å²) in [7, 11) is 0. The van der Waals surface area contributed by atoms with Gasteiger partial charge < -0.3 is 15.4 Å². The lowest BCUT2D eigenvalue weighted by Crippen LogP contribution is -2.40. The van der Waals surface area contributed by atoms with Crippen molar-refractivity contribution < 1.29 is 23.7 Å². The van der Waals surface area contributed by atoms with E-state index in [0.717, 1.165) is 5.69 Å². The van der Waals surface area contributed by atoms with Crippen molar-refractivity contribution >= 4 is 23.5 Å². The van der Waals surface area contributed by atoms with Crippen LogP contribution in [0.5, 0.6) is 0 Å². The number of ether oxygens (including phenoxy) is 1. The van der Waals surface area contributed by atoms with Crippen molar-refractivity contribution in [2.45, 2.75) is 6.54 Å². The molecule has 0 radical (unpaired) electrons. The highest BCUT2D eigenvalue weighted by Crippen LogP contribution is 2.04. The van der Waals surface area contributed by atoms with E-state index < -0.39 is 5.97 Å². The molecule has 7 nitrogen and oxygen atoms in total. The minimum Gasteiger partial charge on any atom is -0.460 e. The molecule has 3 rings (SSSR count). The maximum Gasteiger partial charge on any atom is 0.338 e. The molecule has 0 bridgehead atoms. The lowest BCUT2D eigenvalue weighted by molar-refractivity contribution is -0.684. The standard InChI is InChI=1S/C23H21N3O4/c27-21(25-20-9-5-2-6-10-20)17-26-14-11-18(12-15-26)22(28)24-13-16-30-23(29)19-7-3-1-4-8-19/h1-12,14-15H,13,16-17H2,(H-,24,25,27,28)/p+1. The second kappa shape index (κ2) is 10.5. The fourth-order valence-electron chi connectivity index (χ4n) is 2.67. The molecule has 0 saturated heterocycles. The van der Waals surface area contributed by atoms with Gasteiger partial charge in [0.05, 0.1) is 17.7 Å². The number of para-hydroxylation sites is 1. The van der Waals surface area contributed by atoms with Crippen LogP contribution in [0.4, 0.5) is 5.69 Å². The Morgan fingerprint density at radius 2 is 1.43 bits per heavy atom. The van der Waals surface area contributed by atoms with Gasteiger partial charge in [-0.2, -0.15) is 4.57 Å². The number of hydrogen-bond donors (Lipinski definition) is 2. The van der Waals surface area contributed by atoms with Gasteiger partial charge in [0.1, 0.15) is 6.61 Å². The van der Waals surface area contributed by atoms with Gasteiger partial charge in [0.15, 0.2) is 12.4 Å². The first-order chi connectivity index (χ1) is 14.6. The molecule has 1 heterocycles. The molecule has 2 aromatic carbocycles. The number of aromatic nitrogens is 1. The van der Waals surface area contributed by atoms with Gasteiger partial charge in [0.25, 0.3) is 11.8 Å². The molecule has 7 heteroatoms. The quantitative estimate of drug-likeness (QED) is 0.342. The number of carbonyl (C=O) groups is 3. The van der Waals surface area contributed by atoms with Crippen molar-refractivity contribution in [3.63, 3.8) is 0 Å². The molecule has 152 valence electrons. The Hall–Kier alpha value is -4.00. The zero-order valence-corrected chi connectivity index (χ0v) is 16.3. The molecule has 0 atom stereocenters. The molecule has 2 N–H and O–H groups in total. The molecule has 0 aliphatic heterocycles. The van der Waals surface area contributed by atoms with Gasteiger partial charge in [0, 0.05) is 17.8 Å². The van der Waals surface area contributed by atoms with Crippen molar-refractivity contribution in [1.29, 1.82) is 0 Å². The van der Waals surface area contributed by atoms with E-state index in [2.05, 4.69) is 10.6 Å². The molecule has 0 aliphatic carbocycles. The first-order valence-electron chi connectivity index (χ1n) is 9.46. The molecular weight excluding hydrogens is 382 g/mol. The van der Waals surface area contributed by atoms with Crippen LogP contribution in [0.25, 0.3) is 0 Å². The number of nitrogens with zero attached hydrogens (tertiary/aromatic N) is 1. The normalized spacial score (nSPS) is 10.1. The highest BCUT2D eigenvalue weighted by atomic mass is 16.5. The first-order valence-corrected chi connectivity index (χ1v) is 9.46. The Balaban J connectivity index is 1.41. The van der Waals surface area contributed by atoms with Crippen LogP contribution in [0.3, 0.4) is 0 Å². The van der Waals surface area contributed by atoms with Crippen molar-refractivity contribution in [2.75, 3.05) is 18.5 Å². The predicted octanol–water partition coefficient (Wildman–Crippen LogP) is 2.20. The van der Waals surface area contributed by atoms with Crippen LogP contribution in [0.2, 0.25) is 0 Å². The van der Waals surface area contributed by atoms with Gasteiger partial charge in [-0.05, 0) is 24.3 Å². The van der Waals surface area contributed by atoms with Gasteiger partial charge in [-0.25, -0.2) is 4.79 Å². The molecule has 2 amide bonds. The summed E-state index contributed by atoms with van der Waals surface area (Å²) in [4.78, 5) is 36.1. The first kappa shape index (κ1) is 20.7. The zero-order valence-electron chi connectivity index (χ0n) is 16.3. The molecule has 0 spiro atoms. The van der Waals surface area contributed by atoms with Crippen LogP contribution in [0, 0.1) is 0 Å². The predicted molar refractivity (Wildman–Crippen MR) is 111 cm³/mol. The van der Waals surface area contributed by atoms with Gasteiger partial charge in [-0.15, -0.1) is 0 Å². The SMILES string of the molecule is O=C(C[n+]1ccc(C(=O)NCCOC(=O)c2ccccc2)cc1)Nc1ccccc1. The summed E-state index contributed by atoms with van der Waals surface area (Å²) < 4.78 is 6.80. The highest BCUT2D eigenvalue weighted by molar-refractivity contribution is 5.94. The van der Waals surface area contributed by atoms with E-state index in [9.17, 15) is 14.4 Å². The summed E-state index contributed by atoms with van der Waals surface area (Å²) in [6, 6.07) is 21.1. The van der Waals surface area contributed by atoms with Gasteiger partial charge in [-0.1, -0.05) is 36.4 Å². The van der Waals surface area contributed by atoms with Gasteiger partial charge in [0.2, 0.25) is 6.54 Å². The number of carbonyl (C=O) groups excluding carboxylic acids is 3. The second-order valence-electron chi connectivity index (χ2n) is 6.43. The van der Waals surface area contributed by atoms with Crippen LogP contribution in [0.15, 0.2) is 85.2 Å². The number of nitrogens with one attached hydrogen (secondary N) is 2. The van der Waals surface area contributed by atoms with Crippen molar-refractivity contribution in [1.82, 2.24) is 5.32 Å². The minimum atomic E-state index is -0.431. The summed E-state index contributed by atoms with van der Waals surface area (Å²) in [6.07, 6.45) is 3.32. The zero-order chi connectivity index (χ0) is 21.2. The summed E-state index contributed by atoms with van der Waals surface area (Å²) in [5.74, 6) is -0.880. The number of pyridine rings is 1. The lowest BCUT2D eigenvalue weighted by Gasteiger charge is -2.07. The van der Waals surface area contributed by atoms with Crippen LogP contribution in [0.1, 0.15) is 20.7 Å². The number of amides is 2. The molecule has 0 saturated carbocycles. The Kier molecular flexibility index (Phi) is 7.27. The topological polar surface area (TPSA) is 88.4 Å². The number of esters is 1. The number of anilines is 1. The fraction of sp³-hybridized carbons (Fsp3) is 0.130. The summed E-state index contributed by atoms with van der Waals surface area (Å²) in [6.45, 7) is 0.407. The minimum absolute atomic E-state index is 0.0754. The summed E-state index contributed by atoms with van der Waals surface area (Å²) >= 11 is 0.